The zero-order chi connectivity index (χ0) is 50.0. The van der Waals surface area contributed by atoms with Crippen LogP contribution in [0.1, 0.15) is 98.7 Å². The van der Waals surface area contributed by atoms with Crippen LogP contribution in [0.3, 0.4) is 0 Å². The normalized spacial score (nSPS) is 22.0. The van der Waals surface area contributed by atoms with E-state index in [0.717, 1.165) is 24.0 Å². The molecule has 0 spiro atoms. The highest BCUT2D eigenvalue weighted by molar-refractivity contribution is 6.03. The number of benzene rings is 4. The number of carbonyl (C=O) groups is 2. The maximum atomic E-state index is 15.2. The summed E-state index contributed by atoms with van der Waals surface area (Å²) in [6.45, 7) is 9.80. The number of hydrogen-bond acceptors (Lipinski definition) is 12. The van der Waals surface area contributed by atoms with Crippen LogP contribution in [0.5, 0.6) is 23.0 Å². The van der Waals surface area contributed by atoms with Gasteiger partial charge in [-0.2, -0.15) is 0 Å². The van der Waals surface area contributed by atoms with Crippen LogP contribution in [0, 0.1) is 33.7 Å². The molecule has 0 bridgehead atoms. The maximum absolute atomic E-state index is 15.2. The number of allylic oxidation sites excluding steroid dienone is 1. The Morgan fingerprint density at radius 2 is 1.69 bits per heavy atom. The quantitative estimate of drug-likeness (QED) is 0.0191. The van der Waals surface area contributed by atoms with Gasteiger partial charge < -0.3 is 38.9 Å². The molecule has 7 rings (SSSR count). The summed E-state index contributed by atoms with van der Waals surface area (Å²) in [4.78, 5) is 46.0. The van der Waals surface area contributed by atoms with E-state index in [1.807, 2.05) is 32.9 Å². The van der Waals surface area contributed by atoms with Gasteiger partial charge in [-0.1, -0.05) is 42.3 Å². The molecule has 2 N–H and O–H groups in total. The number of aliphatic hydroxyl groups excluding tert-OH is 2. The van der Waals surface area contributed by atoms with E-state index in [4.69, 9.17) is 28.9 Å². The monoisotopic (exact) mass is 959 g/mol. The fraction of sp³-hybridized carbons (Fsp3) is 0.400. The van der Waals surface area contributed by atoms with Crippen molar-refractivity contribution in [3.05, 3.63) is 153 Å². The van der Waals surface area contributed by atoms with Crippen molar-refractivity contribution in [1.82, 2.24) is 4.90 Å². The molecule has 3 aliphatic rings. The lowest BCUT2D eigenvalue weighted by Crippen LogP contribution is -2.70. The molecule has 15 heteroatoms. The number of hydrogen-bond donors (Lipinski definition) is 2. The molecule has 1 saturated carbocycles. The van der Waals surface area contributed by atoms with Crippen LogP contribution in [0.4, 0.5) is 10.1 Å². The first kappa shape index (κ1) is 51.2. The van der Waals surface area contributed by atoms with E-state index in [0.29, 0.717) is 77.4 Å². The number of aliphatic hydroxyl groups is 2. The van der Waals surface area contributed by atoms with Crippen LogP contribution in [-0.2, 0) is 20.9 Å². The molecule has 1 aliphatic heterocycles. The third-order valence-electron chi connectivity index (χ3n) is 13.1. The fourth-order valence-electron chi connectivity index (χ4n) is 10.0. The number of nitro groups is 1. The number of methoxy groups -OCH3 is 1. The predicted octanol–water partition coefficient (Wildman–Crippen LogP) is 10.5. The first-order valence-corrected chi connectivity index (χ1v) is 23.8. The smallest absolute Gasteiger partial charge is 0.269 e. The van der Waals surface area contributed by atoms with E-state index in [9.17, 15) is 29.5 Å². The van der Waals surface area contributed by atoms with Crippen molar-refractivity contribution >= 4 is 29.7 Å². The van der Waals surface area contributed by atoms with Gasteiger partial charge in [-0.05, 0) is 142 Å². The second kappa shape index (κ2) is 22.8. The van der Waals surface area contributed by atoms with Crippen LogP contribution in [0.15, 0.2) is 120 Å². The summed E-state index contributed by atoms with van der Waals surface area (Å²) in [7, 11) is 1.49. The third kappa shape index (κ3) is 11.7. The van der Waals surface area contributed by atoms with Crippen molar-refractivity contribution in [2.75, 3.05) is 26.9 Å². The minimum atomic E-state index is -1.61. The summed E-state index contributed by atoms with van der Waals surface area (Å²) >= 11 is 0. The van der Waals surface area contributed by atoms with Gasteiger partial charge in [0.2, 0.25) is 11.7 Å². The zero-order valence-electron chi connectivity index (χ0n) is 40.1. The minimum Gasteiger partial charge on any atom is -0.496 e. The first-order valence-electron chi connectivity index (χ1n) is 23.8. The number of amides is 1. The van der Waals surface area contributed by atoms with Crippen molar-refractivity contribution in [3.8, 4) is 23.0 Å². The Hall–Kier alpha value is -6.68. The molecule has 0 aromatic heterocycles. The molecule has 6 atom stereocenters. The topological polar surface area (TPSA) is 179 Å². The number of ether oxygens (including phenoxy) is 4. The van der Waals surface area contributed by atoms with Gasteiger partial charge in [-0.15, -0.1) is 6.58 Å². The number of nitrogens with zero attached hydrogens (tertiary/aromatic N) is 3. The highest BCUT2D eigenvalue weighted by Gasteiger charge is 2.65. The molecule has 4 aromatic carbocycles. The van der Waals surface area contributed by atoms with Crippen LogP contribution in [0.25, 0.3) is 6.08 Å². The number of rotatable bonds is 22. The summed E-state index contributed by atoms with van der Waals surface area (Å²) in [5, 5.41) is 36.4. The van der Waals surface area contributed by atoms with E-state index in [2.05, 4.69) is 12.7 Å². The molecular formula is C55H62FN3O11. The van der Waals surface area contributed by atoms with Crippen molar-refractivity contribution in [3.63, 3.8) is 0 Å². The van der Waals surface area contributed by atoms with E-state index < -0.39 is 40.0 Å². The Morgan fingerprint density at radius 1 is 0.986 bits per heavy atom. The van der Waals surface area contributed by atoms with Gasteiger partial charge in [-0.25, -0.2) is 4.39 Å². The van der Waals surface area contributed by atoms with Gasteiger partial charge in [0.15, 0.2) is 6.29 Å². The van der Waals surface area contributed by atoms with Crippen LogP contribution >= 0.6 is 0 Å². The van der Waals surface area contributed by atoms with Gasteiger partial charge in [0.25, 0.3) is 5.69 Å². The fourth-order valence-corrected chi connectivity index (χ4v) is 10.0. The van der Waals surface area contributed by atoms with Crippen molar-refractivity contribution in [2.45, 2.75) is 95.6 Å². The number of carbonyl (C=O) groups excluding carboxylic acids is 2. The highest BCUT2D eigenvalue weighted by atomic mass is 19.1. The van der Waals surface area contributed by atoms with Crippen LogP contribution in [0.2, 0.25) is 0 Å². The molecule has 370 valence electrons. The van der Waals surface area contributed by atoms with E-state index in [1.165, 1.54) is 37.5 Å². The Kier molecular flexibility index (Phi) is 16.7. The molecular weight excluding hydrogens is 898 g/mol. The molecule has 14 nitrogen and oxygen atoms in total. The maximum Gasteiger partial charge on any atom is 0.269 e. The Labute approximate surface area is 408 Å². The van der Waals surface area contributed by atoms with Crippen molar-refractivity contribution in [1.29, 1.82) is 0 Å². The van der Waals surface area contributed by atoms with E-state index in [1.54, 1.807) is 65.6 Å². The number of oxime groups is 1. The number of halogens is 1. The highest BCUT2D eigenvalue weighted by Crippen LogP contribution is 2.62. The molecule has 70 heavy (non-hydrogen) atoms. The molecule has 4 aromatic rings. The lowest BCUT2D eigenvalue weighted by molar-refractivity contribution is -0.384. The number of fused-ring (bicyclic) bond motifs is 2. The van der Waals surface area contributed by atoms with Gasteiger partial charge in [0.1, 0.15) is 40.5 Å². The van der Waals surface area contributed by atoms with Gasteiger partial charge in [0.05, 0.1) is 35.8 Å². The largest absolute Gasteiger partial charge is 0.496 e. The predicted molar refractivity (Wildman–Crippen MR) is 263 cm³/mol. The average molecular weight is 960 g/mol. The summed E-state index contributed by atoms with van der Waals surface area (Å²) in [6, 6.07) is 21.4. The molecule has 0 unspecified atom stereocenters. The zero-order valence-corrected chi connectivity index (χ0v) is 40.1. The van der Waals surface area contributed by atoms with Crippen LogP contribution in [-0.4, -0.2) is 82.3 Å². The lowest BCUT2D eigenvalue weighted by Gasteiger charge is -2.60. The van der Waals surface area contributed by atoms with Crippen molar-refractivity contribution < 1.29 is 52.9 Å². The van der Waals surface area contributed by atoms with Crippen LogP contribution < -0.4 is 14.2 Å². The second-order valence-electron chi connectivity index (χ2n) is 18.9. The summed E-state index contributed by atoms with van der Waals surface area (Å²) in [6.07, 6.45) is 11.8. The summed E-state index contributed by atoms with van der Waals surface area (Å²) in [5.41, 5.74) is 2.95. The standard InChI is InChI=1S/C55H62FN3O11/c1-6-29-67-55-50(58(34-37-13-18-40(56)19-14-37)51(63)26-17-36-15-20-41(21-16-36)59(64)65)33-47(57-70-54(2,3)4)45-31-38(11-7-9-27-60)44(12-8-10-28-61)52(53(45)55)46-32-43(23-25-49(46)69-55)68-42-22-24-48(66-5)39(30-42)35-62/h6,13-26,30-32,35,38,44,50,52-53,60-61H,1,7-12,27-29,33-34H2,2-5H3/t38-,44+,50-,52+,53+,55+/m0/s1. The molecule has 1 amide bonds. The lowest BCUT2D eigenvalue weighted by atomic mass is 9.55. The van der Waals surface area contributed by atoms with Gasteiger partial charge in [-0.3, -0.25) is 19.7 Å². The molecule has 2 aliphatic carbocycles. The minimum absolute atomic E-state index is 0.00519. The molecule has 1 heterocycles. The third-order valence-corrected chi connectivity index (χ3v) is 13.1. The van der Waals surface area contributed by atoms with E-state index in [-0.39, 0.29) is 56.2 Å². The average Bonchev–Trinajstić information content (AvgIpc) is 3.35. The molecule has 1 fully saturated rings. The number of non-ortho nitro benzene ring substituents is 1. The molecule has 0 radical (unpaired) electrons. The summed E-state index contributed by atoms with van der Waals surface area (Å²) in [5.74, 6) is -1.85. The number of unbranched alkanes of at least 4 members (excludes halogenated alkanes) is 2. The second-order valence-corrected chi connectivity index (χ2v) is 18.9. The Balaban J connectivity index is 1.47. The van der Waals surface area contributed by atoms with E-state index >= 15 is 4.79 Å². The number of nitro benzene ring substituents is 1. The van der Waals surface area contributed by atoms with Gasteiger partial charge >= 0.3 is 0 Å². The van der Waals surface area contributed by atoms with Crippen molar-refractivity contribution in [2.24, 2.45) is 22.9 Å². The summed E-state index contributed by atoms with van der Waals surface area (Å²) < 4.78 is 40.8. The van der Waals surface area contributed by atoms with Gasteiger partial charge in [0, 0.05) is 55.9 Å². The Bertz CT molecular complexity index is 2590. The number of aldehydes is 1. The molecule has 0 saturated heterocycles. The Morgan fingerprint density at radius 3 is 2.34 bits per heavy atom. The first-order chi connectivity index (χ1) is 33.7. The SMILES string of the molecule is C=CCO[C@@]12Oc3ccc(Oc4ccc(OC)c(C=O)c4)cc3[C@H]3[C@H](CCCCO)[C@@H](CCCCO)C=C(C(=NOC(C)(C)C)C[C@@H]1N(Cc1ccc(F)cc1)C(=O)C=Cc1ccc([N+](=O)[O-])cc1)[C@H]32.